The van der Waals surface area contributed by atoms with E-state index in [1.807, 2.05) is 25.2 Å². The van der Waals surface area contributed by atoms with E-state index in [4.69, 9.17) is 16.3 Å². The third kappa shape index (κ3) is 3.87. The van der Waals surface area contributed by atoms with Crippen LogP contribution < -0.4 is 10.1 Å². The molecule has 19 heavy (non-hydrogen) atoms. The number of nitrogens with one attached hydrogen (secondary N) is 1. The van der Waals surface area contributed by atoms with Crippen molar-refractivity contribution in [1.82, 2.24) is 5.32 Å². The molecule has 1 saturated carbocycles. The van der Waals surface area contributed by atoms with Gasteiger partial charge in [0.1, 0.15) is 5.75 Å². The van der Waals surface area contributed by atoms with Gasteiger partial charge in [0, 0.05) is 17.1 Å². The minimum absolute atomic E-state index is 0.358. The van der Waals surface area contributed by atoms with E-state index in [2.05, 4.69) is 12.2 Å². The molecule has 0 saturated heterocycles. The Labute approximate surface area is 121 Å². The van der Waals surface area contributed by atoms with Crippen molar-refractivity contribution < 1.29 is 4.74 Å². The first kappa shape index (κ1) is 14.7. The van der Waals surface area contributed by atoms with Crippen molar-refractivity contribution in [3.8, 4) is 5.75 Å². The molecule has 0 unspecified atom stereocenters. The summed E-state index contributed by atoms with van der Waals surface area (Å²) in [5, 5.41) is 3.94. The average Bonchev–Trinajstić information content (AvgIpc) is 2.43. The number of rotatable bonds is 5. The monoisotopic (exact) mass is 281 g/mol. The van der Waals surface area contributed by atoms with Gasteiger partial charge in [0.2, 0.25) is 0 Å². The number of ether oxygens (including phenoxy) is 1. The molecule has 1 fully saturated rings. The quantitative estimate of drug-likeness (QED) is 0.863. The fraction of sp³-hybridized carbons (Fsp3) is 0.625. The van der Waals surface area contributed by atoms with Gasteiger partial charge in [-0.2, -0.15) is 0 Å². The predicted octanol–water partition coefficient (Wildman–Crippen LogP) is 4.41. The second-order valence-corrected chi connectivity index (χ2v) is 5.82. The first-order chi connectivity index (χ1) is 9.24. The number of halogens is 1. The van der Waals surface area contributed by atoms with Crippen molar-refractivity contribution in [3.05, 3.63) is 28.8 Å². The molecule has 0 amide bonds. The summed E-state index contributed by atoms with van der Waals surface area (Å²) < 4.78 is 6.19. The molecule has 0 heterocycles. The van der Waals surface area contributed by atoms with Gasteiger partial charge < -0.3 is 10.1 Å². The van der Waals surface area contributed by atoms with Crippen molar-refractivity contribution in [2.75, 3.05) is 7.05 Å². The molecule has 2 nitrogen and oxygen atoms in total. The molecule has 1 aromatic carbocycles. The van der Waals surface area contributed by atoms with E-state index >= 15 is 0 Å². The van der Waals surface area contributed by atoms with Crippen LogP contribution in [-0.4, -0.2) is 13.2 Å². The Morgan fingerprint density at radius 3 is 2.63 bits per heavy atom. The SMILES string of the molecule is CCC1CCC(Oc2cccc(Cl)c2CNC)CC1. The molecule has 0 spiro atoms. The lowest BCUT2D eigenvalue weighted by molar-refractivity contribution is 0.128. The van der Waals surface area contributed by atoms with E-state index < -0.39 is 0 Å². The van der Waals surface area contributed by atoms with Crippen LogP contribution in [0.1, 0.15) is 44.6 Å². The molecule has 1 aliphatic carbocycles. The van der Waals surface area contributed by atoms with Crippen LogP contribution >= 0.6 is 11.6 Å². The van der Waals surface area contributed by atoms with Gasteiger partial charge in [-0.3, -0.25) is 0 Å². The van der Waals surface area contributed by atoms with E-state index in [9.17, 15) is 0 Å². The lowest BCUT2D eigenvalue weighted by Gasteiger charge is -2.29. The standard InChI is InChI=1S/C16H24ClNO/c1-3-12-7-9-13(10-8-12)19-16-6-4-5-15(17)14(16)11-18-2/h4-6,12-13,18H,3,7-11H2,1-2H3. The zero-order valence-electron chi connectivity index (χ0n) is 11.9. The lowest BCUT2D eigenvalue weighted by atomic mass is 9.86. The van der Waals surface area contributed by atoms with Crippen LogP contribution in [0, 0.1) is 5.92 Å². The molecule has 0 aliphatic heterocycles. The number of benzene rings is 1. The topological polar surface area (TPSA) is 21.3 Å². The lowest BCUT2D eigenvalue weighted by Crippen LogP contribution is -2.24. The van der Waals surface area contributed by atoms with Gasteiger partial charge in [0.25, 0.3) is 0 Å². The van der Waals surface area contributed by atoms with Gasteiger partial charge in [0.15, 0.2) is 0 Å². The van der Waals surface area contributed by atoms with E-state index in [-0.39, 0.29) is 0 Å². The Morgan fingerprint density at radius 2 is 2.00 bits per heavy atom. The normalized spacial score (nSPS) is 23.3. The van der Waals surface area contributed by atoms with E-state index in [1.165, 1.54) is 32.1 Å². The third-order valence-electron chi connectivity index (χ3n) is 4.09. The van der Waals surface area contributed by atoms with Crippen LogP contribution in [0.5, 0.6) is 5.75 Å². The smallest absolute Gasteiger partial charge is 0.125 e. The first-order valence-corrected chi connectivity index (χ1v) is 7.71. The zero-order chi connectivity index (χ0) is 13.7. The first-order valence-electron chi connectivity index (χ1n) is 7.33. The molecule has 0 atom stereocenters. The maximum Gasteiger partial charge on any atom is 0.125 e. The van der Waals surface area contributed by atoms with Crippen LogP contribution in [0.3, 0.4) is 0 Å². The Kier molecular flexibility index (Phi) is 5.53. The van der Waals surface area contributed by atoms with Crippen molar-refractivity contribution in [2.45, 2.75) is 51.7 Å². The molecule has 1 aliphatic rings. The molecular weight excluding hydrogens is 258 g/mol. The molecule has 1 aromatic rings. The molecular formula is C16H24ClNO. The maximum atomic E-state index is 6.25. The minimum Gasteiger partial charge on any atom is -0.490 e. The summed E-state index contributed by atoms with van der Waals surface area (Å²) in [6.07, 6.45) is 6.59. The predicted molar refractivity (Wildman–Crippen MR) is 80.9 cm³/mol. The van der Waals surface area contributed by atoms with E-state index in [0.29, 0.717) is 6.10 Å². The Balaban J connectivity index is 2.01. The van der Waals surface area contributed by atoms with E-state index in [0.717, 1.165) is 28.8 Å². The zero-order valence-corrected chi connectivity index (χ0v) is 12.7. The second-order valence-electron chi connectivity index (χ2n) is 5.42. The van der Waals surface area contributed by atoms with Crippen LogP contribution in [0.4, 0.5) is 0 Å². The summed E-state index contributed by atoms with van der Waals surface area (Å²) in [5.74, 6) is 1.85. The molecule has 106 valence electrons. The fourth-order valence-corrected chi connectivity index (χ4v) is 3.07. The van der Waals surface area contributed by atoms with Crippen molar-refractivity contribution >= 4 is 11.6 Å². The Morgan fingerprint density at radius 1 is 1.26 bits per heavy atom. The van der Waals surface area contributed by atoms with Gasteiger partial charge in [-0.1, -0.05) is 31.0 Å². The Bertz CT molecular complexity index is 400. The molecule has 2 rings (SSSR count). The van der Waals surface area contributed by atoms with Gasteiger partial charge in [0.05, 0.1) is 6.10 Å². The van der Waals surface area contributed by atoms with Gasteiger partial charge in [-0.15, -0.1) is 0 Å². The minimum atomic E-state index is 0.358. The molecule has 0 radical (unpaired) electrons. The Hall–Kier alpha value is -0.730. The molecule has 0 bridgehead atoms. The van der Waals surface area contributed by atoms with Crippen LogP contribution in [-0.2, 0) is 6.54 Å². The summed E-state index contributed by atoms with van der Waals surface area (Å²) in [6, 6.07) is 5.92. The van der Waals surface area contributed by atoms with Gasteiger partial charge >= 0.3 is 0 Å². The van der Waals surface area contributed by atoms with Crippen LogP contribution in [0.25, 0.3) is 0 Å². The van der Waals surface area contributed by atoms with Crippen LogP contribution in [0.2, 0.25) is 5.02 Å². The van der Waals surface area contributed by atoms with Crippen molar-refractivity contribution in [1.29, 1.82) is 0 Å². The van der Waals surface area contributed by atoms with Gasteiger partial charge in [-0.25, -0.2) is 0 Å². The summed E-state index contributed by atoms with van der Waals surface area (Å²) in [6.45, 7) is 3.03. The van der Waals surface area contributed by atoms with Gasteiger partial charge in [-0.05, 0) is 50.8 Å². The molecule has 1 N–H and O–H groups in total. The molecule has 0 aromatic heterocycles. The summed E-state index contributed by atoms with van der Waals surface area (Å²) in [7, 11) is 1.93. The maximum absolute atomic E-state index is 6.25. The number of hydrogen-bond donors (Lipinski definition) is 1. The average molecular weight is 282 g/mol. The summed E-state index contributed by atoms with van der Waals surface area (Å²) >= 11 is 6.25. The largest absolute Gasteiger partial charge is 0.490 e. The third-order valence-corrected chi connectivity index (χ3v) is 4.45. The highest BCUT2D eigenvalue weighted by atomic mass is 35.5. The van der Waals surface area contributed by atoms with Crippen LogP contribution in [0.15, 0.2) is 18.2 Å². The second kappa shape index (κ2) is 7.16. The highest BCUT2D eigenvalue weighted by Crippen LogP contribution is 2.32. The van der Waals surface area contributed by atoms with Crippen molar-refractivity contribution in [2.24, 2.45) is 5.92 Å². The fourth-order valence-electron chi connectivity index (χ4n) is 2.84. The van der Waals surface area contributed by atoms with E-state index in [1.54, 1.807) is 0 Å². The summed E-state index contributed by atoms with van der Waals surface area (Å²) in [4.78, 5) is 0. The summed E-state index contributed by atoms with van der Waals surface area (Å²) in [5.41, 5.74) is 1.07. The van der Waals surface area contributed by atoms with Crippen molar-refractivity contribution in [3.63, 3.8) is 0 Å². The molecule has 3 heteroatoms. The highest BCUT2D eigenvalue weighted by molar-refractivity contribution is 6.31. The highest BCUT2D eigenvalue weighted by Gasteiger charge is 2.22. The number of hydrogen-bond acceptors (Lipinski definition) is 2.